The van der Waals surface area contributed by atoms with Crippen molar-refractivity contribution in [3.63, 3.8) is 0 Å². The molecule has 4 nitrogen and oxygen atoms in total. The number of nitrogens with zero attached hydrogens (tertiary/aromatic N) is 1. The van der Waals surface area contributed by atoms with Crippen molar-refractivity contribution in [1.29, 1.82) is 0 Å². The van der Waals surface area contributed by atoms with Gasteiger partial charge in [0.05, 0.1) is 0 Å². The molecule has 138 valence electrons. The molecule has 1 atom stereocenters. The Labute approximate surface area is 160 Å². The van der Waals surface area contributed by atoms with Crippen molar-refractivity contribution in [2.75, 3.05) is 19.6 Å². The van der Waals surface area contributed by atoms with Gasteiger partial charge in [-0.25, -0.2) is 13.1 Å². The van der Waals surface area contributed by atoms with Crippen LogP contribution in [-0.2, 0) is 10.0 Å². The number of halogens is 1. The van der Waals surface area contributed by atoms with Crippen LogP contribution in [0, 0.1) is 0 Å². The van der Waals surface area contributed by atoms with Gasteiger partial charge in [-0.2, -0.15) is 0 Å². The summed E-state index contributed by atoms with van der Waals surface area (Å²) < 4.78 is 27.5. The average molecular weight is 391 g/mol. The Hall–Kier alpha value is -1.66. The normalized spacial score (nSPS) is 17.0. The van der Waals surface area contributed by atoms with Crippen LogP contribution in [0.1, 0.15) is 30.0 Å². The van der Waals surface area contributed by atoms with Crippen molar-refractivity contribution in [2.24, 2.45) is 0 Å². The second-order valence-corrected chi connectivity index (χ2v) is 8.50. The fourth-order valence-corrected chi connectivity index (χ4v) is 4.12. The van der Waals surface area contributed by atoms with Gasteiger partial charge in [-0.15, -0.1) is 0 Å². The molecule has 2 aromatic carbocycles. The van der Waals surface area contributed by atoms with E-state index in [1.807, 2.05) is 18.2 Å². The first kappa shape index (κ1) is 19.1. The molecule has 2 aromatic rings. The molecule has 0 spiro atoms. The van der Waals surface area contributed by atoms with Crippen molar-refractivity contribution in [3.05, 3.63) is 76.2 Å². The van der Waals surface area contributed by atoms with Gasteiger partial charge in [0.15, 0.2) is 0 Å². The zero-order valence-electron chi connectivity index (χ0n) is 14.5. The van der Waals surface area contributed by atoms with Crippen LogP contribution in [0.15, 0.2) is 60.0 Å². The molecule has 1 fully saturated rings. The van der Waals surface area contributed by atoms with E-state index in [0.29, 0.717) is 11.6 Å². The third-order valence-electron chi connectivity index (χ3n) is 4.55. The van der Waals surface area contributed by atoms with Gasteiger partial charge < -0.3 is 0 Å². The van der Waals surface area contributed by atoms with Crippen LogP contribution < -0.4 is 4.72 Å². The Morgan fingerprint density at radius 2 is 1.69 bits per heavy atom. The van der Waals surface area contributed by atoms with Crippen molar-refractivity contribution >= 4 is 27.7 Å². The Morgan fingerprint density at radius 3 is 2.35 bits per heavy atom. The second-order valence-electron chi connectivity index (χ2n) is 6.42. The summed E-state index contributed by atoms with van der Waals surface area (Å²) in [7, 11) is -3.51. The molecule has 3 rings (SSSR count). The minimum Gasteiger partial charge on any atom is -0.295 e. The van der Waals surface area contributed by atoms with Crippen LogP contribution in [0.4, 0.5) is 0 Å². The van der Waals surface area contributed by atoms with E-state index in [9.17, 15) is 8.42 Å². The van der Waals surface area contributed by atoms with Crippen LogP contribution in [0.2, 0.25) is 5.02 Å². The van der Waals surface area contributed by atoms with E-state index in [1.165, 1.54) is 5.41 Å². The van der Waals surface area contributed by atoms with E-state index in [2.05, 4.69) is 21.8 Å². The van der Waals surface area contributed by atoms with Crippen LogP contribution in [-0.4, -0.2) is 33.0 Å². The van der Waals surface area contributed by atoms with Crippen LogP contribution in [0.5, 0.6) is 0 Å². The third kappa shape index (κ3) is 5.42. The van der Waals surface area contributed by atoms with Gasteiger partial charge in [-0.3, -0.25) is 4.90 Å². The van der Waals surface area contributed by atoms with Crippen molar-refractivity contribution < 1.29 is 8.42 Å². The minimum absolute atomic E-state index is 0.0532. The Balaban J connectivity index is 1.68. The number of nitrogens with one attached hydrogen (secondary N) is 1. The van der Waals surface area contributed by atoms with Crippen molar-refractivity contribution in [1.82, 2.24) is 9.62 Å². The summed E-state index contributed by atoms with van der Waals surface area (Å²) in [4.78, 5) is 2.35. The first-order valence-electron chi connectivity index (χ1n) is 8.76. The van der Waals surface area contributed by atoms with Gasteiger partial charge in [-0.1, -0.05) is 54.1 Å². The molecule has 0 aromatic heterocycles. The van der Waals surface area contributed by atoms with Gasteiger partial charge in [0, 0.05) is 23.0 Å². The van der Waals surface area contributed by atoms with Gasteiger partial charge in [-0.05, 0) is 55.3 Å². The average Bonchev–Trinajstić information content (AvgIpc) is 3.17. The van der Waals surface area contributed by atoms with E-state index in [4.69, 9.17) is 11.6 Å². The van der Waals surface area contributed by atoms with E-state index in [0.717, 1.165) is 37.1 Å². The number of sulfonamides is 1. The number of rotatable bonds is 7. The summed E-state index contributed by atoms with van der Waals surface area (Å²) in [6.45, 7) is 2.36. The summed E-state index contributed by atoms with van der Waals surface area (Å²) >= 11 is 5.85. The fraction of sp³-hybridized carbons (Fsp3) is 0.300. The molecule has 1 aliphatic heterocycles. The number of likely N-dealkylation sites (tertiary alicyclic amines) is 1. The van der Waals surface area contributed by atoms with Gasteiger partial charge in [0.2, 0.25) is 10.0 Å². The predicted octanol–water partition coefficient (Wildman–Crippen LogP) is 4.07. The summed E-state index contributed by atoms with van der Waals surface area (Å²) in [6, 6.07) is 17.2. The van der Waals surface area contributed by atoms with E-state index in [1.54, 1.807) is 30.3 Å². The lowest BCUT2D eigenvalue weighted by Crippen LogP contribution is -2.36. The first-order chi connectivity index (χ1) is 12.5. The lowest BCUT2D eigenvalue weighted by Gasteiger charge is -2.28. The smallest absolute Gasteiger partial charge is 0.233 e. The lowest BCUT2D eigenvalue weighted by molar-refractivity contribution is 0.246. The molecule has 0 aliphatic carbocycles. The van der Waals surface area contributed by atoms with Crippen molar-refractivity contribution in [2.45, 2.75) is 18.9 Å². The molecular weight excluding hydrogens is 368 g/mol. The van der Waals surface area contributed by atoms with Gasteiger partial charge in [0.1, 0.15) is 0 Å². The number of benzene rings is 2. The largest absolute Gasteiger partial charge is 0.295 e. The molecule has 1 heterocycles. The predicted molar refractivity (Wildman–Crippen MR) is 107 cm³/mol. The highest BCUT2D eigenvalue weighted by atomic mass is 35.5. The summed E-state index contributed by atoms with van der Waals surface area (Å²) in [5.74, 6) is 0. The second kappa shape index (κ2) is 8.82. The maximum absolute atomic E-state index is 12.4. The van der Waals surface area contributed by atoms with E-state index in [-0.39, 0.29) is 6.04 Å². The summed E-state index contributed by atoms with van der Waals surface area (Å²) in [5, 5.41) is 1.84. The first-order valence-corrected chi connectivity index (χ1v) is 10.7. The molecule has 0 radical (unpaired) electrons. The minimum atomic E-state index is -3.51. The molecular formula is C20H23ClN2O2S. The standard InChI is InChI=1S/C20H23ClN2O2S/c21-19-10-8-17(9-11-19)12-15-26(24,25)22-16-20(23-13-4-5-14-23)18-6-2-1-3-7-18/h1-3,6-12,15,20,22H,4-5,13-14,16H2. The van der Waals surface area contributed by atoms with Crippen molar-refractivity contribution in [3.8, 4) is 0 Å². The number of hydrogen-bond donors (Lipinski definition) is 1. The third-order valence-corrected chi connectivity index (χ3v) is 5.87. The van der Waals surface area contributed by atoms with E-state index >= 15 is 0 Å². The van der Waals surface area contributed by atoms with Gasteiger partial charge >= 0.3 is 0 Å². The van der Waals surface area contributed by atoms with Crippen LogP contribution >= 0.6 is 11.6 Å². The SMILES string of the molecule is O=S(=O)(C=Cc1ccc(Cl)cc1)NCC(c1ccccc1)N1CCCC1. The lowest BCUT2D eigenvalue weighted by atomic mass is 10.1. The maximum atomic E-state index is 12.4. The molecule has 1 unspecified atom stereocenters. The molecule has 1 aliphatic rings. The Kier molecular flexibility index (Phi) is 6.48. The number of hydrogen-bond acceptors (Lipinski definition) is 3. The zero-order chi connectivity index (χ0) is 18.4. The maximum Gasteiger partial charge on any atom is 0.233 e. The van der Waals surface area contributed by atoms with Crippen LogP contribution in [0.25, 0.3) is 6.08 Å². The molecule has 6 heteroatoms. The van der Waals surface area contributed by atoms with Gasteiger partial charge in [0.25, 0.3) is 0 Å². The quantitative estimate of drug-likeness (QED) is 0.775. The topological polar surface area (TPSA) is 49.4 Å². The molecule has 0 bridgehead atoms. The summed E-state index contributed by atoms with van der Waals surface area (Å²) in [5.41, 5.74) is 1.93. The highest BCUT2D eigenvalue weighted by Crippen LogP contribution is 2.24. The highest BCUT2D eigenvalue weighted by molar-refractivity contribution is 7.92. The van der Waals surface area contributed by atoms with E-state index < -0.39 is 10.0 Å². The zero-order valence-corrected chi connectivity index (χ0v) is 16.1. The fourth-order valence-electron chi connectivity index (χ4n) is 3.17. The molecule has 0 amide bonds. The molecule has 1 saturated heterocycles. The monoisotopic (exact) mass is 390 g/mol. The van der Waals surface area contributed by atoms with Crippen LogP contribution in [0.3, 0.4) is 0 Å². The highest BCUT2D eigenvalue weighted by Gasteiger charge is 2.24. The Morgan fingerprint density at radius 1 is 1.04 bits per heavy atom. The molecule has 0 saturated carbocycles. The molecule has 1 N–H and O–H groups in total. The summed E-state index contributed by atoms with van der Waals surface area (Å²) in [6.07, 6.45) is 3.89. The molecule has 26 heavy (non-hydrogen) atoms. The Bertz CT molecular complexity index is 830.